The van der Waals surface area contributed by atoms with Crippen molar-refractivity contribution in [3.05, 3.63) is 24.0 Å². The maximum Gasteiger partial charge on any atom is 0.147 e. The lowest BCUT2D eigenvalue weighted by Crippen LogP contribution is -2.10. The summed E-state index contributed by atoms with van der Waals surface area (Å²) in [7, 11) is -0.852. The number of aryl methyl sites for hydroxylation is 1. The van der Waals surface area contributed by atoms with E-state index in [1.54, 1.807) is 6.26 Å². The molecule has 0 N–H and O–H groups in total. The highest BCUT2D eigenvalue weighted by Gasteiger charge is 2.18. The lowest BCUT2D eigenvalue weighted by Gasteiger charge is -2.11. The molecule has 6 heteroatoms. The average Bonchev–Trinajstić information content (AvgIpc) is 2.75. The standard InChI is InChI=1S/C15H21ClN2O2S/c1-10(2)20-13-7-5-6-12-14(13)17-15(11(3)16)18(12)8-9-21(4)19/h5-7,10-11H,8-9H2,1-4H3. The summed E-state index contributed by atoms with van der Waals surface area (Å²) in [5, 5.41) is -0.213. The first-order valence-corrected chi connectivity index (χ1v) is 9.16. The minimum Gasteiger partial charge on any atom is -0.489 e. The minimum atomic E-state index is -0.852. The van der Waals surface area contributed by atoms with Gasteiger partial charge in [0.15, 0.2) is 0 Å². The van der Waals surface area contributed by atoms with Crippen molar-refractivity contribution >= 4 is 33.4 Å². The van der Waals surface area contributed by atoms with E-state index in [2.05, 4.69) is 4.98 Å². The third-order valence-corrected chi connectivity index (χ3v) is 4.04. The van der Waals surface area contributed by atoms with E-state index in [9.17, 15) is 4.21 Å². The zero-order valence-electron chi connectivity index (χ0n) is 12.8. The van der Waals surface area contributed by atoms with Crippen LogP contribution in [0, 0.1) is 0 Å². The minimum absolute atomic E-state index is 0.0840. The molecule has 0 aliphatic carbocycles. The number of rotatable bonds is 6. The van der Waals surface area contributed by atoms with Crippen LogP contribution in [0.2, 0.25) is 0 Å². The highest BCUT2D eigenvalue weighted by Crippen LogP contribution is 2.30. The number of nitrogens with zero attached hydrogens (tertiary/aromatic N) is 2. The number of fused-ring (bicyclic) bond motifs is 1. The van der Waals surface area contributed by atoms with E-state index in [4.69, 9.17) is 16.3 Å². The van der Waals surface area contributed by atoms with Crippen LogP contribution in [0.15, 0.2) is 18.2 Å². The van der Waals surface area contributed by atoms with Crippen molar-refractivity contribution in [1.82, 2.24) is 9.55 Å². The summed E-state index contributed by atoms with van der Waals surface area (Å²) in [5.41, 5.74) is 1.79. The zero-order valence-corrected chi connectivity index (χ0v) is 14.4. The Kier molecular flexibility index (Phi) is 5.27. The van der Waals surface area contributed by atoms with E-state index in [1.807, 2.05) is 43.5 Å². The van der Waals surface area contributed by atoms with Crippen LogP contribution >= 0.6 is 11.6 Å². The fourth-order valence-corrected chi connectivity index (χ4v) is 2.85. The molecule has 0 aliphatic heterocycles. The Morgan fingerprint density at radius 3 is 2.67 bits per heavy atom. The van der Waals surface area contributed by atoms with Gasteiger partial charge in [-0.2, -0.15) is 0 Å². The number of hydrogen-bond acceptors (Lipinski definition) is 3. The Morgan fingerprint density at radius 2 is 2.10 bits per heavy atom. The van der Waals surface area contributed by atoms with Crippen molar-refractivity contribution in [2.75, 3.05) is 12.0 Å². The van der Waals surface area contributed by atoms with Gasteiger partial charge in [-0.3, -0.25) is 4.21 Å². The molecule has 0 aliphatic rings. The van der Waals surface area contributed by atoms with Gasteiger partial charge in [0.25, 0.3) is 0 Å². The molecule has 21 heavy (non-hydrogen) atoms. The Labute approximate surface area is 132 Å². The van der Waals surface area contributed by atoms with Gasteiger partial charge < -0.3 is 9.30 Å². The molecule has 0 radical (unpaired) electrons. The van der Waals surface area contributed by atoms with Gasteiger partial charge in [-0.05, 0) is 32.9 Å². The molecule has 0 bridgehead atoms. The van der Waals surface area contributed by atoms with Gasteiger partial charge in [0.1, 0.15) is 17.1 Å². The Bertz CT molecular complexity index is 652. The van der Waals surface area contributed by atoms with Gasteiger partial charge in [0.2, 0.25) is 0 Å². The summed E-state index contributed by atoms with van der Waals surface area (Å²) in [6.07, 6.45) is 1.79. The van der Waals surface area contributed by atoms with E-state index in [0.29, 0.717) is 12.3 Å². The molecule has 2 rings (SSSR count). The summed E-state index contributed by atoms with van der Waals surface area (Å²) in [4.78, 5) is 4.65. The van der Waals surface area contributed by atoms with E-state index in [0.717, 1.165) is 22.6 Å². The summed E-state index contributed by atoms with van der Waals surface area (Å²) >= 11 is 6.25. The smallest absolute Gasteiger partial charge is 0.147 e. The average molecular weight is 329 g/mol. The summed E-state index contributed by atoms with van der Waals surface area (Å²) in [6.45, 7) is 6.50. The maximum atomic E-state index is 11.4. The molecule has 0 saturated carbocycles. The first kappa shape index (κ1) is 16.3. The molecule has 1 heterocycles. The fraction of sp³-hybridized carbons (Fsp3) is 0.533. The van der Waals surface area contributed by atoms with Crippen molar-refractivity contribution in [2.24, 2.45) is 0 Å². The number of halogens is 1. The number of hydrogen-bond donors (Lipinski definition) is 0. The second-order valence-corrected chi connectivity index (χ2v) is 7.51. The molecule has 2 unspecified atom stereocenters. The molecule has 1 aromatic carbocycles. The van der Waals surface area contributed by atoms with Crippen LogP contribution in [-0.2, 0) is 17.3 Å². The Morgan fingerprint density at radius 1 is 1.38 bits per heavy atom. The van der Waals surface area contributed by atoms with E-state index in [-0.39, 0.29) is 11.5 Å². The molecule has 1 aromatic heterocycles. The molecule has 4 nitrogen and oxygen atoms in total. The number of alkyl halides is 1. The van der Waals surface area contributed by atoms with Crippen LogP contribution in [0.5, 0.6) is 5.75 Å². The molecule has 0 spiro atoms. The van der Waals surface area contributed by atoms with E-state index >= 15 is 0 Å². The van der Waals surface area contributed by atoms with Gasteiger partial charge in [-0.1, -0.05) is 6.07 Å². The zero-order chi connectivity index (χ0) is 15.6. The van der Waals surface area contributed by atoms with Crippen LogP contribution in [0.4, 0.5) is 0 Å². The Hall–Kier alpha value is -1.07. The molecule has 2 aromatic rings. The monoisotopic (exact) mass is 328 g/mol. The van der Waals surface area contributed by atoms with Crippen molar-refractivity contribution in [2.45, 2.75) is 38.8 Å². The normalized spacial score (nSPS) is 14.6. The first-order valence-electron chi connectivity index (χ1n) is 7.00. The molecule has 0 fully saturated rings. The highest BCUT2D eigenvalue weighted by molar-refractivity contribution is 7.84. The third kappa shape index (κ3) is 3.77. The van der Waals surface area contributed by atoms with Gasteiger partial charge in [0.05, 0.1) is 17.0 Å². The predicted octanol–water partition coefficient (Wildman–Crippen LogP) is 3.50. The SMILES string of the molecule is CC(C)Oc1cccc2c1nc(C(C)Cl)n2CCS(C)=O. The largest absolute Gasteiger partial charge is 0.489 e. The van der Waals surface area contributed by atoms with Crippen LogP contribution in [-0.4, -0.2) is 31.9 Å². The quantitative estimate of drug-likeness (QED) is 0.762. The second-order valence-electron chi connectivity index (χ2n) is 5.31. The molecule has 2 atom stereocenters. The third-order valence-electron chi connectivity index (χ3n) is 3.09. The van der Waals surface area contributed by atoms with Crippen LogP contribution in [0.1, 0.15) is 32.0 Å². The lowest BCUT2D eigenvalue weighted by molar-refractivity contribution is 0.245. The van der Waals surface area contributed by atoms with Crippen molar-refractivity contribution in [3.8, 4) is 5.75 Å². The van der Waals surface area contributed by atoms with Gasteiger partial charge >= 0.3 is 0 Å². The van der Waals surface area contributed by atoms with Gasteiger partial charge in [-0.15, -0.1) is 11.6 Å². The summed E-state index contributed by atoms with van der Waals surface area (Å²) in [6, 6.07) is 5.86. The molecule has 116 valence electrons. The van der Waals surface area contributed by atoms with Crippen molar-refractivity contribution in [3.63, 3.8) is 0 Å². The maximum absolute atomic E-state index is 11.4. The van der Waals surface area contributed by atoms with Crippen LogP contribution < -0.4 is 4.74 Å². The second kappa shape index (κ2) is 6.79. The lowest BCUT2D eigenvalue weighted by atomic mass is 10.3. The fourth-order valence-electron chi connectivity index (χ4n) is 2.25. The molecular weight excluding hydrogens is 308 g/mol. The van der Waals surface area contributed by atoms with Crippen molar-refractivity contribution in [1.29, 1.82) is 0 Å². The molecular formula is C15H21ClN2O2S. The highest BCUT2D eigenvalue weighted by atomic mass is 35.5. The number of para-hydroxylation sites is 1. The van der Waals surface area contributed by atoms with Crippen molar-refractivity contribution < 1.29 is 8.95 Å². The molecule has 0 amide bonds. The summed E-state index contributed by atoms with van der Waals surface area (Å²) in [5.74, 6) is 2.13. The summed E-state index contributed by atoms with van der Waals surface area (Å²) < 4.78 is 19.3. The number of ether oxygens (including phenoxy) is 1. The van der Waals surface area contributed by atoms with Gasteiger partial charge in [-0.25, -0.2) is 4.98 Å². The number of aromatic nitrogens is 2. The number of imidazole rings is 1. The first-order chi connectivity index (χ1) is 9.90. The topological polar surface area (TPSA) is 44.1 Å². The Balaban J connectivity index is 2.53. The number of benzene rings is 1. The van der Waals surface area contributed by atoms with Crippen LogP contribution in [0.3, 0.4) is 0 Å². The predicted molar refractivity (Wildman–Crippen MR) is 88.7 cm³/mol. The molecule has 0 saturated heterocycles. The van der Waals surface area contributed by atoms with Gasteiger partial charge in [0, 0.05) is 29.4 Å². The van der Waals surface area contributed by atoms with E-state index in [1.165, 1.54) is 0 Å². The van der Waals surface area contributed by atoms with Crippen LogP contribution in [0.25, 0.3) is 11.0 Å². The van der Waals surface area contributed by atoms with E-state index < -0.39 is 10.8 Å².